The fraction of sp³-hybridized carbons (Fsp3) is 0.429. The van der Waals surface area contributed by atoms with E-state index in [2.05, 4.69) is 31.2 Å². The SMILES string of the molecule is CCOC(=O)CC1=CC2Cc3nc4cc(C)ccc4c(N)c3C(C1)C2. The number of hydrogen-bond acceptors (Lipinski definition) is 4. The summed E-state index contributed by atoms with van der Waals surface area (Å²) in [7, 11) is 0. The van der Waals surface area contributed by atoms with Crippen LogP contribution in [0.4, 0.5) is 5.69 Å². The number of nitrogens with zero attached hydrogens (tertiary/aromatic N) is 1. The maximum atomic E-state index is 11.9. The zero-order valence-corrected chi connectivity index (χ0v) is 14.8. The van der Waals surface area contributed by atoms with Crippen LogP contribution >= 0.6 is 0 Å². The van der Waals surface area contributed by atoms with Crippen LogP contribution in [-0.2, 0) is 16.0 Å². The van der Waals surface area contributed by atoms with Gasteiger partial charge in [-0.25, -0.2) is 0 Å². The zero-order chi connectivity index (χ0) is 17.6. The van der Waals surface area contributed by atoms with Crippen LogP contribution in [0.2, 0.25) is 0 Å². The molecule has 0 saturated carbocycles. The molecule has 130 valence electrons. The number of esters is 1. The Balaban J connectivity index is 1.70. The molecule has 4 heteroatoms. The van der Waals surface area contributed by atoms with Crippen molar-refractivity contribution in [1.82, 2.24) is 4.98 Å². The monoisotopic (exact) mass is 336 g/mol. The molecule has 2 aliphatic carbocycles. The predicted molar refractivity (Wildman–Crippen MR) is 99.4 cm³/mol. The second-order valence-electron chi connectivity index (χ2n) is 7.31. The highest BCUT2D eigenvalue weighted by molar-refractivity contribution is 5.93. The first-order valence-corrected chi connectivity index (χ1v) is 9.09. The van der Waals surface area contributed by atoms with E-state index in [9.17, 15) is 4.79 Å². The number of nitrogen functional groups attached to an aromatic ring is 1. The molecule has 1 aromatic heterocycles. The molecule has 2 N–H and O–H groups in total. The van der Waals surface area contributed by atoms with Gasteiger partial charge in [-0.05, 0) is 56.6 Å². The highest BCUT2D eigenvalue weighted by Crippen LogP contribution is 2.47. The van der Waals surface area contributed by atoms with Crippen LogP contribution in [0, 0.1) is 12.8 Å². The number of pyridine rings is 1. The van der Waals surface area contributed by atoms with Gasteiger partial charge in [-0.1, -0.05) is 23.8 Å². The van der Waals surface area contributed by atoms with Gasteiger partial charge in [-0.3, -0.25) is 9.78 Å². The van der Waals surface area contributed by atoms with Crippen molar-refractivity contribution >= 4 is 22.6 Å². The molecule has 4 nitrogen and oxygen atoms in total. The minimum absolute atomic E-state index is 0.131. The lowest BCUT2D eigenvalue weighted by Crippen LogP contribution is -2.25. The molecule has 2 aromatic rings. The van der Waals surface area contributed by atoms with Crippen LogP contribution in [0.1, 0.15) is 48.9 Å². The molecule has 2 unspecified atom stereocenters. The number of aryl methyl sites for hydroxylation is 1. The van der Waals surface area contributed by atoms with Crippen LogP contribution in [0.5, 0.6) is 0 Å². The number of carbonyl (C=O) groups excluding carboxylic acids is 1. The van der Waals surface area contributed by atoms with Crippen molar-refractivity contribution in [2.24, 2.45) is 5.92 Å². The Kier molecular flexibility index (Phi) is 3.98. The number of carbonyl (C=O) groups is 1. The van der Waals surface area contributed by atoms with E-state index in [-0.39, 0.29) is 5.97 Å². The summed E-state index contributed by atoms with van der Waals surface area (Å²) in [5, 5.41) is 1.05. The smallest absolute Gasteiger partial charge is 0.309 e. The maximum absolute atomic E-state index is 11.9. The third-order valence-electron chi connectivity index (χ3n) is 5.41. The van der Waals surface area contributed by atoms with E-state index in [0.29, 0.717) is 24.9 Å². The lowest BCUT2D eigenvalue weighted by Gasteiger charge is -2.35. The molecule has 25 heavy (non-hydrogen) atoms. The topological polar surface area (TPSA) is 65.2 Å². The summed E-state index contributed by atoms with van der Waals surface area (Å²) in [6.07, 6.45) is 5.56. The van der Waals surface area contributed by atoms with Gasteiger partial charge in [0.1, 0.15) is 0 Å². The standard InChI is InChI=1S/C21H24N2O2/c1-3-25-19(24)11-14-7-13-8-15(9-14)20-18(10-13)23-17-6-12(2)4-5-16(17)21(20)22/h4-7,13,15H,3,8-11H2,1-2H3,(H2,22,23). The van der Waals surface area contributed by atoms with Crippen molar-refractivity contribution in [3.63, 3.8) is 0 Å². The van der Waals surface area contributed by atoms with Crippen LogP contribution in [0.3, 0.4) is 0 Å². The predicted octanol–water partition coefficient (Wildman–Crippen LogP) is 4.05. The third-order valence-corrected chi connectivity index (χ3v) is 5.41. The second kappa shape index (κ2) is 6.17. The van der Waals surface area contributed by atoms with Crippen molar-refractivity contribution in [3.8, 4) is 0 Å². The van der Waals surface area contributed by atoms with E-state index in [1.165, 1.54) is 16.7 Å². The Morgan fingerprint density at radius 3 is 3.00 bits per heavy atom. The van der Waals surface area contributed by atoms with Gasteiger partial charge < -0.3 is 10.5 Å². The summed E-state index contributed by atoms with van der Waals surface area (Å²) in [6.45, 7) is 4.36. The van der Waals surface area contributed by atoms with E-state index in [4.69, 9.17) is 15.5 Å². The summed E-state index contributed by atoms with van der Waals surface area (Å²) in [5.41, 5.74) is 13.2. The Bertz CT molecular complexity index is 885. The van der Waals surface area contributed by atoms with Crippen molar-refractivity contribution < 1.29 is 9.53 Å². The van der Waals surface area contributed by atoms with Crippen molar-refractivity contribution in [2.45, 2.75) is 45.4 Å². The highest BCUT2D eigenvalue weighted by atomic mass is 16.5. The largest absolute Gasteiger partial charge is 0.466 e. The molecule has 1 aromatic carbocycles. The molecule has 4 rings (SSSR count). The average Bonchev–Trinajstić information content (AvgIpc) is 2.54. The normalized spacial score (nSPS) is 21.6. The maximum Gasteiger partial charge on any atom is 0.309 e. The fourth-order valence-corrected chi connectivity index (χ4v) is 4.45. The number of anilines is 1. The molecule has 0 radical (unpaired) electrons. The quantitative estimate of drug-likeness (QED) is 0.678. The van der Waals surface area contributed by atoms with Gasteiger partial charge in [-0.15, -0.1) is 0 Å². The number of hydrogen-bond donors (Lipinski definition) is 1. The first kappa shape index (κ1) is 16.1. The Labute approximate surface area is 148 Å². The summed E-state index contributed by atoms with van der Waals surface area (Å²) >= 11 is 0. The van der Waals surface area contributed by atoms with E-state index < -0.39 is 0 Å². The lowest BCUT2D eigenvalue weighted by atomic mass is 9.70. The van der Waals surface area contributed by atoms with Gasteiger partial charge in [0.15, 0.2) is 0 Å². The number of allylic oxidation sites excluding steroid dienone is 1. The van der Waals surface area contributed by atoms with Gasteiger partial charge in [0.25, 0.3) is 0 Å². The van der Waals surface area contributed by atoms with E-state index in [1.54, 1.807) is 0 Å². The Morgan fingerprint density at radius 1 is 1.36 bits per heavy atom. The number of nitrogens with two attached hydrogens (primary N) is 1. The summed E-state index contributed by atoms with van der Waals surface area (Å²) < 4.78 is 5.11. The number of benzene rings is 1. The van der Waals surface area contributed by atoms with Crippen molar-refractivity contribution in [3.05, 3.63) is 46.7 Å². The van der Waals surface area contributed by atoms with Gasteiger partial charge in [0.05, 0.1) is 18.5 Å². The lowest BCUT2D eigenvalue weighted by molar-refractivity contribution is -0.142. The van der Waals surface area contributed by atoms with Gasteiger partial charge in [0, 0.05) is 22.3 Å². The van der Waals surface area contributed by atoms with E-state index >= 15 is 0 Å². The van der Waals surface area contributed by atoms with Crippen molar-refractivity contribution in [2.75, 3.05) is 12.3 Å². The molecule has 1 heterocycles. The summed E-state index contributed by atoms with van der Waals surface area (Å²) in [5.74, 6) is 0.681. The molecular formula is C21H24N2O2. The molecule has 0 saturated heterocycles. The highest BCUT2D eigenvalue weighted by Gasteiger charge is 2.34. The minimum atomic E-state index is -0.131. The van der Waals surface area contributed by atoms with Crippen LogP contribution in [0.25, 0.3) is 10.9 Å². The number of ether oxygens (including phenoxy) is 1. The average molecular weight is 336 g/mol. The molecule has 0 fully saturated rings. The van der Waals surface area contributed by atoms with Crippen LogP contribution < -0.4 is 5.73 Å². The molecule has 0 spiro atoms. The second-order valence-corrected chi connectivity index (χ2v) is 7.31. The van der Waals surface area contributed by atoms with Gasteiger partial charge >= 0.3 is 5.97 Å². The fourth-order valence-electron chi connectivity index (χ4n) is 4.45. The third kappa shape index (κ3) is 2.90. The van der Waals surface area contributed by atoms with Gasteiger partial charge in [0.2, 0.25) is 0 Å². The zero-order valence-electron chi connectivity index (χ0n) is 14.8. The molecule has 2 bridgehead atoms. The summed E-state index contributed by atoms with van der Waals surface area (Å²) in [4.78, 5) is 16.8. The molecule has 0 amide bonds. The molecule has 2 aliphatic rings. The van der Waals surface area contributed by atoms with Crippen LogP contribution in [0.15, 0.2) is 29.8 Å². The van der Waals surface area contributed by atoms with E-state index in [1.807, 2.05) is 6.92 Å². The number of fused-ring (bicyclic) bond motifs is 5. The van der Waals surface area contributed by atoms with Crippen molar-refractivity contribution in [1.29, 1.82) is 0 Å². The Morgan fingerprint density at radius 2 is 2.20 bits per heavy atom. The molecule has 2 atom stereocenters. The molecule has 0 aliphatic heterocycles. The first-order chi connectivity index (χ1) is 12.0. The number of rotatable bonds is 3. The number of aromatic nitrogens is 1. The first-order valence-electron chi connectivity index (χ1n) is 9.09. The van der Waals surface area contributed by atoms with Crippen LogP contribution in [-0.4, -0.2) is 17.6 Å². The van der Waals surface area contributed by atoms with E-state index in [0.717, 1.165) is 41.5 Å². The van der Waals surface area contributed by atoms with Gasteiger partial charge in [-0.2, -0.15) is 0 Å². The summed E-state index contributed by atoms with van der Waals surface area (Å²) in [6, 6.07) is 6.28. The minimum Gasteiger partial charge on any atom is -0.466 e. The molecular weight excluding hydrogens is 312 g/mol. The Hall–Kier alpha value is -2.36.